The van der Waals surface area contributed by atoms with E-state index in [4.69, 9.17) is 14.2 Å². The van der Waals surface area contributed by atoms with E-state index < -0.39 is 6.10 Å². The first-order chi connectivity index (χ1) is 13.1. The Hall–Kier alpha value is -1.34. The molecular weight excluding hydrogens is 344 g/mol. The Morgan fingerprint density at radius 3 is 2.63 bits per heavy atom. The van der Waals surface area contributed by atoms with Gasteiger partial charge in [-0.3, -0.25) is 0 Å². The Morgan fingerprint density at radius 2 is 1.93 bits per heavy atom. The lowest BCUT2D eigenvalue weighted by atomic mass is 10.1. The number of hydrogen-bond donors (Lipinski definition) is 2. The van der Waals surface area contributed by atoms with Crippen LogP contribution in [-0.2, 0) is 11.3 Å². The Bertz CT molecular complexity index is 533. The van der Waals surface area contributed by atoms with Crippen LogP contribution in [-0.4, -0.2) is 68.7 Å². The number of nitrogens with zero attached hydrogens (tertiary/aromatic N) is 1. The van der Waals surface area contributed by atoms with Crippen LogP contribution in [0.15, 0.2) is 18.2 Å². The Balaban J connectivity index is 1.79. The van der Waals surface area contributed by atoms with Gasteiger partial charge in [0, 0.05) is 19.6 Å². The molecule has 0 saturated carbocycles. The number of benzene rings is 1. The largest absolute Gasteiger partial charge is 0.493 e. The maximum absolute atomic E-state index is 10.3. The van der Waals surface area contributed by atoms with Crippen molar-refractivity contribution >= 4 is 0 Å². The summed E-state index contributed by atoms with van der Waals surface area (Å²) < 4.78 is 16.8. The summed E-state index contributed by atoms with van der Waals surface area (Å²) in [6.07, 6.45) is 3.49. The summed E-state index contributed by atoms with van der Waals surface area (Å²) >= 11 is 0. The predicted molar refractivity (Wildman–Crippen MR) is 108 cm³/mol. The summed E-state index contributed by atoms with van der Waals surface area (Å²) in [6.45, 7) is 9.38. The SMILES string of the molecule is COc1ccc(CNCCOC(C)C)cc1OCC(O)CN1CCCCC1. The van der Waals surface area contributed by atoms with Crippen LogP contribution in [0.1, 0.15) is 38.7 Å². The zero-order valence-corrected chi connectivity index (χ0v) is 17.1. The molecule has 1 fully saturated rings. The van der Waals surface area contributed by atoms with Crippen molar-refractivity contribution in [1.29, 1.82) is 0 Å². The molecule has 1 aliphatic heterocycles. The molecule has 1 atom stereocenters. The van der Waals surface area contributed by atoms with Gasteiger partial charge >= 0.3 is 0 Å². The minimum Gasteiger partial charge on any atom is -0.493 e. The van der Waals surface area contributed by atoms with Crippen LogP contribution in [0.25, 0.3) is 0 Å². The van der Waals surface area contributed by atoms with E-state index in [0.29, 0.717) is 24.7 Å². The highest BCUT2D eigenvalue weighted by Crippen LogP contribution is 2.28. The summed E-state index contributed by atoms with van der Waals surface area (Å²) in [7, 11) is 1.63. The summed E-state index contributed by atoms with van der Waals surface area (Å²) in [5, 5.41) is 13.7. The maximum atomic E-state index is 10.3. The molecule has 1 aromatic carbocycles. The molecule has 0 radical (unpaired) electrons. The van der Waals surface area contributed by atoms with Gasteiger partial charge in [0.1, 0.15) is 12.7 Å². The van der Waals surface area contributed by atoms with E-state index in [2.05, 4.69) is 10.2 Å². The van der Waals surface area contributed by atoms with Crippen molar-refractivity contribution in [3.8, 4) is 11.5 Å². The van der Waals surface area contributed by atoms with E-state index in [9.17, 15) is 5.11 Å². The van der Waals surface area contributed by atoms with Gasteiger partial charge in [-0.15, -0.1) is 0 Å². The normalized spacial score (nSPS) is 16.5. The van der Waals surface area contributed by atoms with E-state index >= 15 is 0 Å². The lowest BCUT2D eigenvalue weighted by molar-refractivity contribution is 0.0608. The standard InChI is InChI=1S/C21H36N2O4/c1-17(2)26-12-9-22-14-18-7-8-20(25-3)21(13-18)27-16-19(24)15-23-10-5-4-6-11-23/h7-8,13,17,19,22,24H,4-6,9-12,14-16H2,1-3H3. The molecule has 0 amide bonds. The topological polar surface area (TPSA) is 63.2 Å². The van der Waals surface area contributed by atoms with Crippen LogP contribution in [0.4, 0.5) is 0 Å². The first-order valence-electron chi connectivity index (χ1n) is 10.1. The van der Waals surface area contributed by atoms with Gasteiger partial charge in [-0.05, 0) is 57.5 Å². The van der Waals surface area contributed by atoms with Gasteiger partial charge in [-0.2, -0.15) is 0 Å². The van der Waals surface area contributed by atoms with Crippen LogP contribution in [0.2, 0.25) is 0 Å². The summed E-state index contributed by atoms with van der Waals surface area (Å²) in [5.74, 6) is 1.36. The lowest BCUT2D eigenvalue weighted by Gasteiger charge is -2.28. The molecule has 154 valence electrons. The van der Waals surface area contributed by atoms with E-state index in [0.717, 1.165) is 31.7 Å². The first kappa shape index (κ1) is 22.0. The van der Waals surface area contributed by atoms with Gasteiger partial charge in [0.25, 0.3) is 0 Å². The van der Waals surface area contributed by atoms with E-state index in [1.165, 1.54) is 19.3 Å². The fourth-order valence-electron chi connectivity index (χ4n) is 3.22. The van der Waals surface area contributed by atoms with Gasteiger partial charge in [0.2, 0.25) is 0 Å². The monoisotopic (exact) mass is 380 g/mol. The van der Waals surface area contributed by atoms with Gasteiger partial charge < -0.3 is 29.5 Å². The number of β-amino-alcohol motifs (C(OH)–C–C–N with tert-alkyl or cyclic N) is 1. The second kappa shape index (κ2) is 12.2. The average Bonchev–Trinajstić information content (AvgIpc) is 2.66. The van der Waals surface area contributed by atoms with Crippen molar-refractivity contribution in [3.05, 3.63) is 23.8 Å². The van der Waals surface area contributed by atoms with Crippen LogP contribution >= 0.6 is 0 Å². The Morgan fingerprint density at radius 1 is 1.15 bits per heavy atom. The molecule has 2 rings (SSSR count). The van der Waals surface area contributed by atoms with Crippen molar-refractivity contribution in [2.75, 3.05) is 46.5 Å². The van der Waals surface area contributed by atoms with Crippen LogP contribution in [0.3, 0.4) is 0 Å². The minimum atomic E-state index is -0.497. The molecule has 1 unspecified atom stereocenters. The van der Waals surface area contributed by atoms with Gasteiger partial charge in [0.05, 0.1) is 19.8 Å². The number of rotatable bonds is 12. The molecule has 2 N–H and O–H groups in total. The molecule has 27 heavy (non-hydrogen) atoms. The highest BCUT2D eigenvalue weighted by atomic mass is 16.5. The smallest absolute Gasteiger partial charge is 0.161 e. The highest BCUT2D eigenvalue weighted by molar-refractivity contribution is 5.43. The molecule has 0 aliphatic carbocycles. The van der Waals surface area contributed by atoms with Gasteiger partial charge in [0.15, 0.2) is 11.5 Å². The molecule has 1 saturated heterocycles. The first-order valence-corrected chi connectivity index (χ1v) is 10.1. The molecule has 1 aliphatic rings. The third kappa shape index (κ3) is 8.47. The number of ether oxygens (including phenoxy) is 3. The maximum Gasteiger partial charge on any atom is 0.161 e. The third-order valence-corrected chi connectivity index (χ3v) is 4.64. The van der Waals surface area contributed by atoms with E-state index in [1.54, 1.807) is 7.11 Å². The molecule has 6 nitrogen and oxygen atoms in total. The summed E-state index contributed by atoms with van der Waals surface area (Å²) in [6, 6.07) is 5.91. The predicted octanol–water partition coefficient (Wildman–Crippen LogP) is 2.44. The number of methoxy groups -OCH3 is 1. The van der Waals surface area contributed by atoms with Crippen molar-refractivity contribution < 1.29 is 19.3 Å². The average molecular weight is 381 g/mol. The van der Waals surface area contributed by atoms with Crippen molar-refractivity contribution in [2.24, 2.45) is 0 Å². The zero-order chi connectivity index (χ0) is 19.5. The molecule has 0 spiro atoms. The molecule has 1 heterocycles. The lowest BCUT2D eigenvalue weighted by Crippen LogP contribution is -2.38. The summed E-state index contributed by atoms with van der Waals surface area (Å²) in [5.41, 5.74) is 1.11. The molecule has 6 heteroatoms. The highest BCUT2D eigenvalue weighted by Gasteiger charge is 2.16. The molecular formula is C21H36N2O4. The van der Waals surface area contributed by atoms with Gasteiger partial charge in [-0.25, -0.2) is 0 Å². The van der Waals surface area contributed by atoms with Crippen molar-refractivity contribution in [3.63, 3.8) is 0 Å². The van der Waals surface area contributed by atoms with Crippen molar-refractivity contribution in [2.45, 2.75) is 51.9 Å². The minimum absolute atomic E-state index is 0.254. The molecule has 1 aromatic rings. The molecule has 0 aromatic heterocycles. The fraction of sp³-hybridized carbons (Fsp3) is 0.714. The van der Waals surface area contributed by atoms with Gasteiger partial charge in [-0.1, -0.05) is 12.5 Å². The van der Waals surface area contributed by atoms with Crippen LogP contribution in [0.5, 0.6) is 11.5 Å². The number of hydrogen-bond acceptors (Lipinski definition) is 6. The quantitative estimate of drug-likeness (QED) is 0.543. The van der Waals surface area contributed by atoms with E-state index in [1.807, 2.05) is 32.0 Å². The second-order valence-electron chi connectivity index (χ2n) is 7.41. The van der Waals surface area contributed by atoms with E-state index in [-0.39, 0.29) is 12.7 Å². The van der Waals surface area contributed by atoms with Crippen molar-refractivity contribution in [1.82, 2.24) is 10.2 Å². The number of likely N-dealkylation sites (tertiary alicyclic amines) is 1. The number of piperidine rings is 1. The van der Waals surface area contributed by atoms with Crippen LogP contribution in [0, 0.1) is 0 Å². The zero-order valence-electron chi connectivity index (χ0n) is 17.1. The number of aliphatic hydroxyl groups excluding tert-OH is 1. The Kier molecular flexibility index (Phi) is 9.91. The Labute approximate surface area is 163 Å². The van der Waals surface area contributed by atoms with Crippen LogP contribution < -0.4 is 14.8 Å². The second-order valence-corrected chi connectivity index (χ2v) is 7.41. The fourth-order valence-corrected chi connectivity index (χ4v) is 3.22. The number of nitrogens with one attached hydrogen (secondary N) is 1. The third-order valence-electron chi connectivity index (χ3n) is 4.64. The number of aliphatic hydroxyl groups is 1. The molecule has 0 bridgehead atoms. The summed E-state index contributed by atoms with van der Waals surface area (Å²) in [4.78, 5) is 2.31.